The van der Waals surface area contributed by atoms with Crippen molar-refractivity contribution in [1.29, 1.82) is 0 Å². The number of ether oxygens (including phenoxy) is 1. The molecular weight excluding hydrogens is 435 g/mol. The van der Waals surface area contributed by atoms with Gasteiger partial charge in [0, 0.05) is 66.6 Å². The quantitative estimate of drug-likeness (QED) is 0.481. The summed E-state index contributed by atoms with van der Waals surface area (Å²) >= 11 is 0. The topological polar surface area (TPSA) is 84.3 Å². The molecule has 1 aliphatic rings. The van der Waals surface area contributed by atoms with Crippen LogP contribution >= 0.6 is 0 Å². The summed E-state index contributed by atoms with van der Waals surface area (Å²) in [4.78, 5) is 20.2. The fraction of sp³-hybridized carbons (Fsp3) is 0.320. The van der Waals surface area contributed by atoms with Gasteiger partial charge < -0.3 is 20.3 Å². The molecule has 3 heterocycles. The Labute approximate surface area is 196 Å². The molecule has 9 heteroatoms. The summed E-state index contributed by atoms with van der Waals surface area (Å²) in [6, 6.07) is 11.1. The fourth-order valence-electron chi connectivity index (χ4n) is 4.76. The van der Waals surface area contributed by atoms with Gasteiger partial charge in [-0.2, -0.15) is 5.10 Å². The van der Waals surface area contributed by atoms with Crippen LogP contribution in [0, 0.1) is 5.82 Å². The van der Waals surface area contributed by atoms with Crippen molar-refractivity contribution in [3.63, 3.8) is 0 Å². The number of fused-ring (bicyclic) bond motifs is 2. The highest BCUT2D eigenvalue weighted by Crippen LogP contribution is 2.32. The summed E-state index contributed by atoms with van der Waals surface area (Å²) in [6.07, 6.45) is 1.71. The zero-order valence-electron chi connectivity index (χ0n) is 19.6. The molecule has 2 unspecified atom stereocenters. The number of nitrogens with one attached hydrogen (secondary N) is 2. The Kier molecular flexibility index (Phi) is 5.57. The lowest BCUT2D eigenvalue weighted by atomic mass is 10.0. The molecule has 4 aromatic rings. The summed E-state index contributed by atoms with van der Waals surface area (Å²) in [5, 5.41) is 12.0. The average molecular weight is 463 g/mol. The summed E-state index contributed by atoms with van der Waals surface area (Å²) in [6.45, 7) is 6.02. The zero-order valence-corrected chi connectivity index (χ0v) is 19.6. The molecule has 1 amide bonds. The number of halogens is 1. The van der Waals surface area contributed by atoms with E-state index in [1.54, 1.807) is 43.2 Å². The lowest BCUT2D eigenvalue weighted by molar-refractivity contribution is 0.102. The standard InChI is InChI=1S/C25H27FN6O2/c1-14-11-32(12-15(2)27-14)21-7-5-19(24-18(21)6-8-22(29-24)34-4)25(33)28-17-9-16-13-31(3)30-23(16)20(26)10-17/h5-10,13-15,27H,11-12H2,1-4H3,(H,28,33). The first-order valence-corrected chi connectivity index (χ1v) is 11.3. The Morgan fingerprint density at radius 2 is 1.91 bits per heavy atom. The molecule has 2 N–H and O–H groups in total. The summed E-state index contributed by atoms with van der Waals surface area (Å²) < 4.78 is 21.4. The van der Waals surface area contributed by atoms with Crippen LogP contribution in [0.1, 0.15) is 24.2 Å². The predicted molar refractivity (Wildman–Crippen MR) is 131 cm³/mol. The van der Waals surface area contributed by atoms with Crippen LogP contribution in [-0.2, 0) is 7.05 Å². The molecule has 2 atom stereocenters. The van der Waals surface area contributed by atoms with Crippen molar-refractivity contribution in [3.8, 4) is 5.88 Å². The molecule has 5 rings (SSSR count). The lowest BCUT2D eigenvalue weighted by Gasteiger charge is -2.38. The largest absolute Gasteiger partial charge is 0.481 e. The second kappa shape index (κ2) is 8.57. The van der Waals surface area contributed by atoms with E-state index in [-0.39, 0.29) is 11.4 Å². The van der Waals surface area contributed by atoms with Gasteiger partial charge >= 0.3 is 0 Å². The molecule has 2 aromatic carbocycles. The van der Waals surface area contributed by atoms with Gasteiger partial charge in [-0.05, 0) is 44.2 Å². The normalized spacial score (nSPS) is 18.4. The molecule has 1 fully saturated rings. The first-order valence-electron chi connectivity index (χ1n) is 11.3. The first-order chi connectivity index (χ1) is 16.3. The maximum absolute atomic E-state index is 14.5. The van der Waals surface area contributed by atoms with Crippen LogP contribution in [0.3, 0.4) is 0 Å². The number of methoxy groups -OCH3 is 1. The minimum absolute atomic E-state index is 0.265. The highest BCUT2D eigenvalue weighted by Gasteiger charge is 2.24. The van der Waals surface area contributed by atoms with Crippen molar-refractivity contribution in [2.45, 2.75) is 25.9 Å². The van der Waals surface area contributed by atoms with E-state index in [9.17, 15) is 9.18 Å². The lowest BCUT2D eigenvalue weighted by Crippen LogP contribution is -2.54. The van der Waals surface area contributed by atoms with Gasteiger partial charge in [0.1, 0.15) is 5.52 Å². The fourth-order valence-corrected chi connectivity index (χ4v) is 4.76. The number of rotatable bonds is 4. The number of benzene rings is 2. The van der Waals surface area contributed by atoms with Gasteiger partial charge in [0.25, 0.3) is 5.91 Å². The van der Waals surface area contributed by atoms with E-state index < -0.39 is 5.82 Å². The van der Waals surface area contributed by atoms with E-state index in [4.69, 9.17) is 4.74 Å². The average Bonchev–Trinajstić information content (AvgIpc) is 3.18. The van der Waals surface area contributed by atoms with Gasteiger partial charge in [-0.25, -0.2) is 9.37 Å². The van der Waals surface area contributed by atoms with Crippen LogP contribution < -0.4 is 20.3 Å². The molecule has 0 spiro atoms. The molecule has 0 bridgehead atoms. The van der Waals surface area contributed by atoms with Gasteiger partial charge in [-0.1, -0.05) is 0 Å². The predicted octanol–water partition coefficient (Wildman–Crippen LogP) is 3.71. The molecule has 1 saturated heterocycles. The van der Waals surface area contributed by atoms with Gasteiger partial charge in [-0.3, -0.25) is 9.48 Å². The Balaban J connectivity index is 1.54. The van der Waals surface area contributed by atoms with E-state index in [1.807, 2.05) is 12.1 Å². The second-order valence-corrected chi connectivity index (χ2v) is 8.91. The molecule has 34 heavy (non-hydrogen) atoms. The summed E-state index contributed by atoms with van der Waals surface area (Å²) in [5.74, 6) is -0.444. The highest BCUT2D eigenvalue weighted by atomic mass is 19.1. The third kappa shape index (κ3) is 4.03. The van der Waals surface area contributed by atoms with Crippen molar-refractivity contribution >= 4 is 39.1 Å². The number of carbonyl (C=O) groups excluding carboxylic acids is 1. The van der Waals surface area contributed by atoms with Gasteiger partial charge in [0.15, 0.2) is 5.82 Å². The van der Waals surface area contributed by atoms with Crippen LogP contribution in [0.5, 0.6) is 5.88 Å². The Hall–Kier alpha value is -3.72. The number of amides is 1. The van der Waals surface area contributed by atoms with Crippen molar-refractivity contribution in [2.75, 3.05) is 30.4 Å². The maximum Gasteiger partial charge on any atom is 0.257 e. The molecule has 176 valence electrons. The van der Waals surface area contributed by atoms with Crippen LogP contribution in [0.4, 0.5) is 15.8 Å². The van der Waals surface area contributed by atoms with E-state index in [2.05, 4.69) is 39.5 Å². The SMILES string of the molecule is COc1ccc2c(N3CC(C)NC(C)C3)ccc(C(=O)Nc3cc(F)c4nn(C)cc4c3)c2n1. The second-order valence-electron chi connectivity index (χ2n) is 8.91. The molecule has 0 aliphatic carbocycles. The number of anilines is 2. The monoisotopic (exact) mass is 462 g/mol. The number of carbonyl (C=O) groups is 1. The first kappa shape index (κ1) is 22.1. The van der Waals surface area contributed by atoms with Crippen molar-refractivity contribution in [1.82, 2.24) is 20.1 Å². The number of nitrogens with zero attached hydrogens (tertiary/aromatic N) is 4. The molecule has 8 nitrogen and oxygen atoms in total. The third-order valence-electron chi connectivity index (χ3n) is 6.10. The maximum atomic E-state index is 14.5. The van der Waals surface area contributed by atoms with Crippen molar-refractivity contribution in [2.24, 2.45) is 7.05 Å². The number of pyridine rings is 1. The molecule has 1 aliphatic heterocycles. The van der Waals surface area contributed by atoms with Crippen LogP contribution in [0.15, 0.2) is 42.6 Å². The minimum atomic E-state index is -0.490. The van der Waals surface area contributed by atoms with Crippen LogP contribution in [0.25, 0.3) is 21.8 Å². The smallest absolute Gasteiger partial charge is 0.257 e. The van der Waals surface area contributed by atoms with Gasteiger partial charge in [0.05, 0.1) is 18.2 Å². The van der Waals surface area contributed by atoms with E-state index in [0.717, 1.165) is 24.2 Å². The Morgan fingerprint density at radius 3 is 2.65 bits per heavy atom. The highest BCUT2D eigenvalue weighted by molar-refractivity contribution is 6.14. The van der Waals surface area contributed by atoms with E-state index in [0.29, 0.717) is 40.1 Å². The molecule has 2 aromatic heterocycles. The Morgan fingerprint density at radius 1 is 1.15 bits per heavy atom. The van der Waals surface area contributed by atoms with Crippen molar-refractivity contribution in [3.05, 3.63) is 54.0 Å². The van der Waals surface area contributed by atoms with E-state index in [1.165, 1.54) is 6.07 Å². The van der Waals surface area contributed by atoms with E-state index >= 15 is 0 Å². The number of piperazine rings is 1. The number of aromatic nitrogens is 3. The zero-order chi connectivity index (χ0) is 24.0. The van der Waals surface area contributed by atoms with Crippen LogP contribution in [-0.4, -0.2) is 53.0 Å². The third-order valence-corrected chi connectivity index (χ3v) is 6.10. The van der Waals surface area contributed by atoms with Gasteiger partial charge in [-0.15, -0.1) is 0 Å². The molecule has 0 saturated carbocycles. The summed E-state index contributed by atoms with van der Waals surface area (Å²) in [5.41, 5.74) is 2.57. The number of hydrogen-bond donors (Lipinski definition) is 2. The van der Waals surface area contributed by atoms with Gasteiger partial charge in [0.2, 0.25) is 5.88 Å². The molecular formula is C25H27FN6O2. The summed E-state index contributed by atoms with van der Waals surface area (Å²) in [7, 11) is 3.27. The number of hydrogen-bond acceptors (Lipinski definition) is 6. The number of aryl methyl sites for hydroxylation is 1. The van der Waals surface area contributed by atoms with Crippen molar-refractivity contribution < 1.29 is 13.9 Å². The molecule has 0 radical (unpaired) electrons. The van der Waals surface area contributed by atoms with Crippen LogP contribution in [0.2, 0.25) is 0 Å². The Bertz CT molecular complexity index is 1390. The minimum Gasteiger partial charge on any atom is -0.481 e.